The molecule has 0 radical (unpaired) electrons. The van der Waals surface area contributed by atoms with Crippen molar-refractivity contribution in [1.82, 2.24) is 19.6 Å². The van der Waals surface area contributed by atoms with Gasteiger partial charge in [-0.05, 0) is 49.4 Å². The average Bonchev–Trinajstić information content (AvgIpc) is 3.27. The van der Waals surface area contributed by atoms with Gasteiger partial charge in [0.05, 0.1) is 5.69 Å². The standard InChI is InChI=1S/C24H29N5O2/c30-23(20-7-2-1-3-8-20)28-15-11-19(12-16-28)6-4-5-13-26-24(31)27-21-9-10-22-25-14-17-29(22)18-21/h1-3,7-10,14,17-19H,4-6,11-13,15-16H2,(H2,26,27,31). The predicted molar refractivity (Wildman–Crippen MR) is 121 cm³/mol. The number of likely N-dealkylation sites (tertiary alicyclic amines) is 1. The van der Waals surface area contributed by atoms with Crippen molar-refractivity contribution in [1.29, 1.82) is 0 Å². The molecule has 162 valence electrons. The van der Waals surface area contributed by atoms with Crippen molar-refractivity contribution < 1.29 is 9.59 Å². The number of amides is 3. The Morgan fingerprint density at radius 3 is 2.65 bits per heavy atom. The van der Waals surface area contributed by atoms with Gasteiger partial charge in [0.25, 0.3) is 5.91 Å². The minimum absolute atomic E-state index is 0.140. The Balaban J connectivity index is 1.09. The van der Waals surface area contributed by atoms with Crippen LogP contribution in [0.2, 0.25) is 0 Å². The lowest BCUT2D eigenvalue weighted by molar-refractivity contribution is 0.0686. The zero-order chi connectivity index (χ0) is 21.5. The summed E-state index contributed by atoms with van der Waals surface area (Å²) in [6.45, 7) is 2.32. The molecular weight excluding hydrogens is 390 g/mol. The van der Waals surface area contributed by atoms with Crippen LogP contribution in [0.4, 0.5) is 10.5 Å². The van der Waals surface area contributed by atoms with Gasteiger partial charge in [0.1, 0.15) is 5.65 Å². The third-order valence-corrected chi connectivity index (χ3v) is 5.89. The van der Waals surface area contributed by atoms with Crippen LogP contribution in [0.1, 0.15) is 42.5 Å². The number of rotatable bonds is 7. The number of pyridine rings is 1. The summed E-state index contributed by atoms with van der Waals surface area (Å²) in [6.07, 6.45) is 10.7. The maximum Gasteiger partial charge on any atom is 0.319 e. The number of carbonyl (C=O) groups is 2. The van der Waals surface area contributed by atoms with Crippen LogP contribution in [-0.2, 0) is 0 Å². The normalized spacial score (nSPS) is 14.5. The van der Waals surface area contributed by atoms with Crippen LogP contribution in [0.5, 0.6) is 0 Å². The van der Waals surface area contributed by atoms with Gasteiger partial charge in [-0.25, -0.2) is 9.78 Å². The smallest absolute Gasteiger partial charge is 0.319 e. The molecule has 3 amide bonds. The molecule has 4 rings (SSSR count). The number of hydrogen-bond donors (Lipinski definition) is 2. The Kier molecular flexibility index (Phi) is 6.82. The number of unbranched alkanes of at least 4 members (excludes halogenated alkanes) is 1. The van der Waals surface area contributed by atoms with Crippen molar-refractivity contribution in [3.8, 4) is 0 Å². The molecule has 7 heteroatoms. The van der Waals surface area contributed by atoms with Gasteiger partial charge in [0, 0.05) is 43.8 Å². The molecule has 1 saturated heterocycles. The zero-order valence-electron chi connectivity index (χ0n) is 17.7. The van der Waals surface area contributed by atoms with Crippen LogP contribution in [0.15, 0.2) is 61.1 Å². The Labute approximate surface area is 182 Å². The molecule has 0 spiro atoms. The van der Waals surface area contributed by atoms with Crippen LogP contribution in [0.25, 0.3) is 5.65 Å². The van der Waals surface area contributed by atoms with Crippen LogP contribution in [0, 0.1) is 5.92 Å². The van der Waals surface area contributed by atoms with Gasteiger partial charge in [-0.15, -0.1) is 0 Å². The van der Waals surface area contributed by atoms with Crippen LogP contribution < -0.4 is 10.6 Å². The van der Waals surface area contributed by atoms with Gasteiger partial charge in [0.2, 0.25) is 0 Å². The van der Waals surface area contributed by atoms with E-state index in [9.17, 15) is 9.59 Å². The van der Waals surface area contributed by atoms with Gasteiger partial charge in [-0.1, -0.05) is 31.0 Å². The van der Waals surface area contributed by atoms with E-state index < -0.39 is 0 Å². The molecule has 2 aromatic heterocycles. The number of nitrogens with one attached hydrogen (secondary N) is 2. The number of nitrogens with zero attached hydrogens (tertiary/aromatic N) is 3. The van der Waals surface area contributed by atoms with Gasteiger partial charge in [-0.3, -0.25) is 4.79 Å². The minimum Gasteiger partial charge on any atom is -0.339 e. The highest BCUT2D eigenvalue weighted by atomic mass is 16.2. The number of anilines is 1. The Hall–Kier alpha value is -3.35. The average molecular weight is 420 g/mol. The van der Waals surface area contributed by atoms with E-state index in [0.717, 1.165) is 62.1 Å². The van der Waals surface area contributed by atoms with Gasteiger partial charge in [-0.2, -0.15) is 0 Å². The summed E-state index contributed by atoms with van der Waals surface area (Å²) in [6, 6.07) is 13.0. The first kappa shape index (κ1) is 20.9. The van der Waals surface area contributed by atoms with Crippen LogP contribution >= 0.6 is 0 Å². The second-order valence-electron chi connectivity index (χ2n) is 8.09. The Morgan fingerprint density at radius 2 is 1.84 bits per heavy atom. The number of hydrogen-bond acceptors (Lipinski definition) is 3. The molecule has 0 saturated carbocycles. The Morgan fingerprint density at radius 1 is 1.03 bits per heavy atom. The van der Waals surface area contributed by atoms with E-state index >= 15 is 0 Å². The lowest BCUT2D eigenvalue weighted by Gasteiger charge is -2.32. The molecule has 3 heterocycles. The van der Waals surface area contributed by atoms with E-state index in [4.69, 9.17) is 0 Å². The zero-order valence-corrected chi connectivity index (χ0v) is 17.7. The second kappa shape index (κ2) is 10.1. The number of aromatic nitrogens is 2. The molecule has 0 atom stereocenters. The van der Waals surface area contributed by atoms with Gasteiger partial charge >= 0.3 is 6.03 Å². The quantitative estimate of drug-likeness (QED) is 0.564. The molecule has 1 aromatic carbocycles. The fourth-order valence-corrected chi connectivity index (χ4v) is 4.12. The maximum atomic E-state index is 12.5. The number of piperidine rings is 1. The molecule has 3 aromatic rings. The summed E-state index contributed by atoms with van der Waals surface area (Å²) >= 11 is 0. The van der Waals surface area contributed by atoms with Crippen LogP contribution in [-0.4, -0.2) is 45.9 Å². The summed E-state index contributed by atoms with van der Waals surface area (Å²) in [5, 5.41) is 5.78. The van der Waals surface area contributed by atoms with Crippen molar-refractivity contribution in [2.24, 2.45) is 5.92 Å². The second-order valence-corrected chi connectivity index (χ2v) is 8.09. The van der Waals surface area contributed by atoms with E-state index in [-0.39, 0.29) is 11.9 Å². The number of fused-ring (bicyclic) bond motifs is 1. The van der Waals surface area contributed by atoms with E-state index in [0.29, 0.717) is 12.5 Å². The van der Waals surface area contributed by atoms with Crippen molar-refractivity contribution in [3.05, 3.63) is 66.6 Å². The molecule has 7 nitrogen and oxygen atoms in total. The third-order valence-electron chi connectivity index (χ3n) is 5.89. The fourth-order valence-electron chi connectivity index (χ4n) is 4.12. The van der Waals surface area contributed by atoms with E-state index in [1.54, 1.807) is 6.20 Å². The van der Waals surface area contributed by atoms with Gasteiger partial charge < -0.3 is 19.9 Å². The molecule has 0 aliphatic carbocycles. The molecule has 0 bridgehead atoms. The SMILES string of the molecule is O=C(NCCCCC1CCN(C(=O)c2ccccc2)CC1)Nc1ccc2nccn2c1. The first-order valence-electron chi connectivity index (χ1n) is 11.0. The first-order valence-corrected chi connectivity index (χ1v) is 11.0. The van der Waals surface area contributed by atoms with Crippen molar-refractivity contribution in [2.75, 3.05) is 25.0 Å². The summed E-state index contributed by atoms with van der Waals surface area (Å²) in [4.78, 5) is 30.8. The highest BCUT2D eigenvalue weighted by Crippen LogP contribution is 2.23. The summed E-state index contributed by atoms with van der Waals surface area (Å²) in [7, 11) is 0. The summed E-state index contributed by atoms with van der Waals surface area (Å²) < 4.78 is 1.87. The van der Waals surface area contributed by atoms with Crippen molar-refractivity contribution in [3.63, 3.8) is 0 Å². The Bertz CT molecular complexity index is 1010. The number of benzene rings is 1. The van der Waals surface area contributed by atoms with E-state index in [1.807, 2.05) is 64.2 Å². The first-order chi connectivity index (χ1) is 15.2. The van der Waals surface area contributed by atoms with Crippen molar-refractivity contribution in [2.45, 2.75) is 32.1 Å². The number of imidazole rings is 1. The predicted octanol–water partition coefficient (Wildman–Crippen LogP) is 4.18. The molecular formula is C24H29N5O2. The van der Waals surface area contributed by atoms with Crippen LogP contribution in [0.3, 0.4) is 0 Å². The van der Waals surface area contributed by atoms with E-state index in [1.165, 1.54) is 0 Å². The van der Waals surface area contributed by atoms with Gasteiger partial charge in [0.15, 0.2) is 0 Å². The third kappa shape index (κ3) is 5.63. The number of carbonyl (C=O) groups excluding carboxylic acids is 2. The molecule has 1 aliphatic rings. The highest BCUT2D eigenvalue weighted by Gasteiger charge is 2.23. The van der Waals surface area contributed by atoms with E-state index in [2.05, 4.69) is 15.6 Å². The minimum atomic E-state index is -0.188. The number of urea groups is 1. The lowest BCUT2D eigenvalue weighted by atomic mass is 9.91. The molecule has 1 aliphatic heterocycles. The topological polar surface area (TPSA) is 78.7 Å². The summed E-state index contributed by atoms with van der Waals surface area (Å²) in [5.41, 5.74) is 2.36. The summed E-state index contributed by atoms with van der Waals surface area (Å²) in [5.74, 6) is 0.803. The van der Waals surface area contributed by atoms with Crippen molar-refractivity contribution >= 4 is 23.3 Å². The maximum absolute atomic E-state index is 12.5. The largest absolute Gasteiger partial charge is 0.339 e. The highest BCUT2D eigenvalue weighted by molar-refractivity contribution is 5.94. The monoisotopic (exact) mass is 419 g/mol. The molecule has 31 heavy (non-hydrogen) atoms. The molecule has 1 fully saturated rings. The molecule has 2 N–H and O–H groups in total. The molecule has 0 unspecified atom stereocenters. The fraction of sp³-hybridized carbons (Fsp3) is 0.375. The lowest BCUT2D eigenvalue weighted by Crippen LogP contribution is -2.38.